The third-order valence-electron chi connectivity index (χ3n) is 3.05. The van der Waals surface area contributed by atoms with Gasteiger partial charge in [-0.25, -0.2) is 0 Å². The van der Waals surface area contributed by atoms with Gasteiger partial charge in [0.05, 0.1) is 5.56 Å². The maximum atomic E-state index is 12.0. The number of likely N-dealkylation sites (tertiary alicyclic amines) is 1. The minimum atomic E-state index is -0.167. The van der Waals surface area contributed by atoms with Gasteiger partial charge in [-0.15, -0.1) is 0 Å². The molecular weight excluding hydrogens is 294 g/mol. The van der Waals surface area contributed by atoms with Gasteiger partial charge in [0.15, 0.2) is 5.78 Å². The van der Waals surface area contributed by atoms with Gasteiger partial charge in [0.25, 0.3) is 0 Å². The molecule has 0 unspecified atom stereocenters. The number of carbonyl (C=O) groups is 1. The molecule has 18 heavy (non-hydrogen) atoms. The number of benzene rings is 1. The monoisotopic (exact) mass is 309 g/mol. The third-order valence-corrected chi connectivity index (χ3v) is 3.54. The Morgan fingerprint density at radius 2 is 2.00 bits per heavy atom. The van der Waals surface area contributed by atoms with Gasteiger partial charge in [-0.05, 0) is 37.5 Å². The minimum Gasteiger partial charge on any atom is -0.507 e. The first-order valence-corrected chi connectivity index (χ1v) is 6.91. The second-order valence-corrected chi connectivity index (χ2v) is 5.35. The summed E-state index contributed by atoms with van der Waals surface area (Å²) < 4.78 is 0.787. The van der Waals surface area contributed by atoms with Crippen molar-refractivity contribution in [2.45, 2.75) is 19.3 Å². The Kier molecular flexibility index (Phi) is 4.42. The number of phenols is 1. The molecule has 1 aromatic rings. The number of aromatic hydroxyl groups is 1. The van der Waals surface area contributed by atoms with Crippen LogP contribution < -0.4 is 0 Å². The van der Waals surface area contributed by atoms with Crippen LogP contribution in [0.2, 0.25) is 0 Å². The summed E-state index contributed by atoms with van der Waals surface area (Å²) in [5.74, 6) is -0.147. The SMILES string of the molecule is O=C(/C=C/N1CCCCC1)c1cc(Br)ccc1O. The number of hydrogen-bond donors (Lipinski definition) is 1. The van der Waals surface area contributed by atoms with E-state index < -0.39 is 0 Å². The van der Waals surface area contributed by atoms with Gasteiger partial charge in [0.2, 0.25) is 0 Å². The van der Waals surface area contributed by atoms with Crippen molar-refractivity contribution < 1.29 is 9.90 Å². The van der Waals surface area contributed by atoms with Crippen LogP contribution in [0.25, 0.3) is 0 Å². The molecule has 1 aliphatic rings. The van der Waals surface area contributed by atoms with E-state index in [-0.39, 0.29) is 11.5 Å². The quantitative estimate of drug-likeness (QED) is 0.687. The van der Waals surface area contributed by atoms with Crippen LogP contribution in [0.1, 0.15) is 29.6 Å². The molecule has 96 valence electrons. The summed E-state index contributed by atoms with van der Waals surface area (Å²) in [4.78, 5) is 14.1. The molecule has 1 saturated heterocycles. The van der Waals surface area contributed by atoms with Gasteiger partial charge < -0.3 is 10.0 Å². The number of ketones is 1. The average molecular weight is 310 g/mol. The van der Waals surface area contributed by atoms with Crippen LogP contribution in [0.4, 0.5) is 0 Å². The summed E-state index contributed by atoms with van der Waals surface area (Å²) >= 11 is 3.29. The molecule has 4 heteroatoms. The second-order valence-electron chi connectivity index (χ2n) is 4.44. The van der Waals surface area contributed by atoms with Crippen LogP contribution in [0.5, 0.6) is 5.75 Å². The van der Waals surface area contributed by atoms with Crippen molar-refractivity contribution in [3.05, 3.63) is 40.5 Å². The first kappa shape index (κ1) is 13.1. The Morgan fingerprint density at radius 3 is 2.72 bits per heavy atom. The Balaban J connectivity index is 2.06. The van der Waals surface area contributed by atoms with Crippen LogP contribution >= 0.6 is 15.9 Å². The van der Waals surface area contributed by atoms with Gasteiger partial charge in [-0.1, -0.05) is 15.9 Å². The lowest BCUT2D eigenvalue weighted by Gasteiger charge is -2.24. The van der Waals surface area contributed by atoms with Gasteiger partial charge >= 0.3 is 0 Å². The number of hydrogen-bond acceptors (Lipinski definition) is 3. The number of nitrogens with zero attached hydrogens (tertiary/aromatic N) is 1. The second kappa shape index (κ2) is 6.05. The third kappa shape index (κ3) is 3.35. The number of carbonyl (C=O) groups excluding carboxylic acids is 1. The van der Waals surface area contributed by atoms with Crippen molar-refractivity contribution >= 4 is 21.7 Å². The van der Waals surface area contributed by atoms with E-state index in [9.17, 15) is 9.90 Å². The maximum Gasteiger partial charge on any atom is 0.191 e. The van der Waals surface area contributed by atoms with Gasteiger partial charge in [0.1, 0.15) is 5.75 Å². The zero-order valence-electron chi connectivity index (χ0n) is 10.1. The fourth-order valence-electron chi connectivity index (χ4n) is 2.04. The zero-order valence-corrected chi connectivity index (χ0v) is 11.7. The van der Waals surface area contributed by atoms with Crippen LogP contribution in [-0.4, -0.2) is 28.9 Å². The summed E-state index contributed by atoms with van der Waals surface area (Å²) in [5.41, 5.74) is 0.331. The zero-order chi connectivity index (χ0) is 13.0. The molecule has 1 fully saturated rings. The molecule has 0 radical (unpaired) electrons. The van der Waals surface area contributed by atoms with Crippen LogP contribution in [0, 0.1) is 0 Å². The lowest BCUT2D eigenvalue weighted by Crippen LogP contribution is -2.24. The lowest BCUT2D eigenvalue weighted by molar-refractivity contribution is 0.104. The predicted octanol–water partition coefficient (Wildman–Crippen LogP) is 3.34. The number of phenolic OH excluding ortho intramolecular Hbond substituents is 1. The molecule has 1 heterocycles. The van der Waals surface area contributed by atoms with Crippen LogP contribution in [-0.2, 0) is 0 Å². The molecule has 0 atom stereocenters. The van der Waals surface area contributed by atoms with E-state index in [2.05, 4.69) is 20.8 Å². The van der Waals surface area contributed by atoms with Gasteiger partial charge in [0, 0.05) is 29.8 Å². The van der Waals surface area contributed by atoms with E-state index in [0.717, 1.165) is 17.6 Å². The fraction of sp³-hybridized carbons (Fsp3) is 0.357. The van der Waals surface area contributed by atoms with Crippen molar-refractivity contribution in [3.63, 3.8) is 0 Å². The molecule has 0 amide bonds. The topological polar surface area (TPSA) is 40.5 Å². The van der Waals surface area contributed by atoms with E-state index in [0.29, 0.717) is 5.56 Å². The molecule has 1 N–H and O–H groups in total. The average Bonchev–Trinajstić information content (AvgIpc) is 2.40. The summed E-state index contributed by atoms with van der Waals surface area (Å²) in [6.07, 6.45) is 7.00. The van der Waals surface area contributed by atoms with E-state index in [1.54, 1.807) is 12.1 Å². The molecule has 0 aliphatic carbocycles. The van der Waals surface area contributed by atoms with Gasteiger partial charge in [-0.2, -0.15) is 0 Å². The Labute approximate surface area is 115 Å². The Bertz CT molecular complexity index is 465. The van der Waals surface area contributed by atoms with Crippen molar-refractivity contribution in [2.75, 3.05) is 13.1 Å². The number of halogens is 1. The molecular formula is C14H16BrNO2. The highest BCUT2D eigenvalue weighted by Crippen LogP contribution is 2.22. The summed E-state index contributed by atoms with van der Waals surface area (Å²) in [5, 5.41) is 9.65. The Morgan fingerprint density at radius 1 is 1.28 bits per heavy atom. The van der Waals surface area contributed by atoms with Crippen molar-refractivity contribution in [1.82, 2.24) is 4.90 Å². The molecule has 2 rings (SSSR count). The van der Waals surface area contributed by atoms with E-state index in [1.165, 1.54) is 31.4 Å². The Hall–Kier alpha value is -1.29. The summed E-state index contributed by atoms with van der Waals surface area (Å²) in [7, 11) is 0. The molecule has 0 saturated carbocycles. The van der Waals surface area contributed by atoms with Crippen molar-refractivity contribution in [3.8, 4) is 5.75 Å². The fourth-order valence-corrected chi connectivity index (χ4v) is 2.40. The largest absolute Gasteiger partial charge is 0.507 e. The smallest absolute Gasteiger partial charge is 0.191 e. The standard InChI is InChI=1S/C14H16BrNO2/c15-11-4-5-13(17)12(10-11)14(18)6-9-16-7-2-1-3-8-16/h4-6,9-10,17H,1-3,7-8H2/b9-6+. The van der Waals surface area contributed by atoms with E-state index in [4.69, 9.17) is 0 Å². The molecule has 1 aliphatic heterocycles. The number of rotatable bonds is 3. The molecule has 0 spiro atoms. The highest BCUT2D eigenvalue weighted by molar-refractivity contribution is 9.10. The highest BCUT2D eigenvalue weighted by Gasteiger charge is 2.10. The molecule has 1 aromatic carbocycles. The molecule has 0 aromatic heterocycles. The van der Waals surface area contributed by atoms with E-state index in [1.807, 2.05) is 6.20 Å². The first-order valence-electron chi connectivity index (χ1n) is 6.12. The minimum absolute atomic E-state index is 0.0199. The number of allylic oxidation sites excluding steroid dienone is 1. The van der Waals surface area contributed by atoms with Crippen LogP contribution in [0.15, 0.2) is 34.9 Å². The highest BCUT2D eigenvalue weighted by atomic mass is 79.9. The summed E-state index contributed by atoms with van der Waals surface area (Å²) in [6, 6.07) is 4.87. The predicted molar refractivity (Wildman–Crippen MR) is 74.7 cm³/mol. The lowest BCUT2D eigenvalue weighted by atomic mass is 10.1. The van der Waals surface area contributed by atoms with Crippen LogP contribution in [0.3, 0.4) is 0 Å². The van der Waals surface area contributed by atoms with Crippen molar-refractivity contribution in [1.29, 1.82) is 0 Å². The maximum absolute atomic E-state index is 12.0. The molecule has 3 nitrogen and oxygen atoms in total. The van der Waals surface area contributed by atoms with Crippen molar-refractivity contribution in [2.24, 2.45) is 0 Å². The first-order chi connectivity index (χ1) is 8.66. The van der Waals surface area contributed by atoms with E-state index >= 15 is 0 Å². The molecule has 0 bridgehead atoms. The normalized spacial score (nSPS) is 16.2. The summed E-state index contributed by atoms with van der Waals surface area (Å²) in [6.45, 7) is 2.02. The van der Waals surface area contributed by atoms with Gasteiger partial charge in [-0.3, -0.25) is 4.79 Å². The number of piperidine rings is 1.